The maximum absolute atomic E-state index is 11.3. The van der Waals surface area contributed by atoms with Gasteiger partial charge in [-0.1, -0.05) is 13.3 Å². The molecule has 1 aliphatic heterocycles. The van der Waals surface area contributed by atoms with Crippen LogP contribution < -0.4 is 15.8 Å². The molecule has 1 fully saturated rings. The predicted molar refractivity (Wildman–Crippen MR) is 77.5 cm³/mol. The van der Waals surface area contributed by atoms with Gasteiger partial charge in [0.05, 0.1) is 16.3 Å². The van der Waals surface area contributed by atoms with Gasteiger partial charge in [0, 0.05) is 13.1 Å². The number of hydrogen-bond acceptors (Lipinski definition) is 4. The van der Waals surface area contributed by atoms with Crippen molar-refractivity contribution in [3.05, 3.63) is 18.2 Å². The van der Waals surface area contributed by atoms with E-state index < -0.39 is 10.0 Å². The van der Waals surface area contributed by atoms with Crippen molar-refractivity contribution < 1.29 is 8.42 Å². The number of nitrogens with zero attached hydrogens (tertiary/aromatic N) is 1. The highest BCUT2D eigenvalue weighted by molar-refractivity contribution is 7.89. The van der Waals surface area contributed by atoms with E-state index >= 15 is 0 Å². The maximum atomic E-state index is 11.3. The normalized spacial score (nSPS) is 19.9. The number of rotatable bonds is 4. The molecule has 5 nitrogen and oxygen atoms in total. The van der Waals surface area contributed by atoms with Crippen LogP contribution in [0.3, 0.4) is 0 Å². The lowest BCUT2D eigenvalue weighted by Crippen LogP contribution is -2.21. The van der Waals surface area contributed by atoms with E-state index in [9.17, 15) is 8.42 Å². The van der Waals surface area contributed by atoms with Crippen molar-refractivity contribution in [2.24, 2.45) is 11.1 Å². The van der Waals surface area contributed by atoms with Gasteiger partial charge in [-0.2, -0.15) is 0 Å². The average molecular weight is 283 g/mol. The highest BCUT2D eigenvalue weighted by atomic mass is 32.2. The Morgan fingerprint density at radius 2 is 2.16 bits per heavy atom. The standard InChI is InChI=1S/C13H21N3O2S/c1-2-3-10-6-7-16(9-10)13-5-4-11(8-12(13)14)19(15,17)18/h4-5,8,10H,2-3,6-7,9,14H2,1H3,(H2,15,17,18). The van der Waals surface area contributed by atoms with Crippen molar-refractivity contribution in [3.8, 4) is 0 Å². The fourth-order valence-corrected chi connectivity index (χ4v) is 3.24. The molecule has 0 aromatic heterocycles. The van der Waals surface area contributed by atoms with E-state index in [2.05, 4.69) is 11.8 Å². The smallest absolute Gasteiger partial charge is 0.238 e. The van der Waals surface area contributed by atoms with Crippen molar-refractivity contribution in [3.63, 3.8) is 0 Å². The molecule has 2 rings (SSSR count). The van der Waals surface area contributed by atoms with Crippen LogP contribution in [0.1, 0.15) is 26.2 Å². The summed E-state index contributed by atoms with van der Waals surface area (Å²) in [5, 5.41) is 5.09. The van der Waals surface area contributed by atoms with E-state index in [-0.39, 0.29) is 4.90 Å². The van der Waals surface area contributed by atoms with E-state index in [1.165, 1.54) is 31.4 Å². The fraction of sp³-hybridized carbons (Fsp3) is 0.538. The van der Waals surface area contributed by atoms with Gasteiger partial charge in [-0.25, -0.2) is 13.6 Å². The Labute approximate surface area is 114 Å². The van der Waals surface area contributed by atoms with Crippen LogP contribution in [0.25, 0.3) is 0 Å². The van der Waals surface area contributed by atoms with E-state index in [1.54, 1.807) is 6.07 Å². The molecule has 1 heterocycles. The number of anilines is 2. The number of nitrogen functional groups attached to an aromatic ring is 1. The van der Waals surface area contributed by atoms with Gasteiger partial charge in [0.2, 0.25) is 10.0 Å². The van der Waals surface area contributed by atoms with Crippen molar-refractivity contribution in [2.45, 2.75) is 31.1 Å². The Morgan fingerprint density at radius 3 is 2.74 bits per heavy atom. The predicted octanol–water partition coefficient (Wildman–Crippen LogP) is 1.54. The molecule has 1 aromatic rings. The lowest BCUT2D eigenvalue weighted by atomic mass is 10.0. The zero-order chi connectivity index (χ0) is 14.0. The zero-order valence-corrected chi connectivity index (χ0v) is 12.0. The van der Waals surface area contributed by atoms with Crippen molar-refractivity contribution in [2.75, 3.05) is 23.7 Å². The van der Waals surface area contributed by atoms with Crippen LogP contribution in [0, 0.1) is 5.92 Å². The molecule has 0 radical (unpaired) electrons. The highest BCUT2D eigenvalue weighted by Gasteiger charge is 2.23. The van der Waals surface area contributed by atoms with Crippen LogP contribution in [-0.4, -0.2) is 21.5 Å². The molecular weight excluding hydrogens is 262 g/mol. The molecule has 0 amide bonds. The second kappa shape index (κ2) is 5.38. The van der Waals surface area contributed by atoms with Crippen LogP contribution in [0.4, 0.5) is 11.4 Å². The summed E-state index contributed by atoms with van der Waals surface area (Å²) in [6.45, 7) is 4.16. The molecule has 6 heteroatoms. The first-order valence-electron chi connectivity index (χ1n) is 6.59. The van der Waals surface area contributed by atoms with Gasteiger partial charge in [-0.3, -0.25) is 0 Å². The number of primary sulfonamides is 1. The number of sulfonamides is 1. The first-order chi connectivity index (χ1) is 8.91. The molecule has 19 heavy (non-hydrogen) atoms. The summed E-state index contributed by atoms with van der Waals surface area (Å²) in [7, 11) is -3.68. The first kappa shape index (κ1) is 14.1. The molecule has 1 unspecified atom stereocenters. The second-order valence-corrected chi connectivity index (χ2v) is 6.72. The van der Waals surface area contributed by atoms with Crippen LogP contribution in [0.2, 0.25) is 0 Å². The Bertz CT molecular complexity index is 557. The molecule has 4 N–H and O–H groups in total. The molecular formula is C13H21N3O2S. The molecule has 1 saturated heterocycles. The summed E-state index contributed by atoms with van der Waals surface area (Å²) in [6, 6.07) is 4.72. The quantitative estimate of drug-likeness (QED) is 0.820. The summed E-state index contributed by atoms with van der Waals surface area (Å²) in [6.07, 6.45) is 3.59. The van der Waals surface area contributed by atoms with Gasteiger partial charge in [-0.15, -0.1) is 0 Å². The Hall–Kier alpha value is -1.27. The molecule has 0 spiro atoms. The maximum Gasteiger partial charge on any atom is 0.238 e. The summed E-state index contributed by atoms with van der Waals surface area (Å²) in [5.41, 5.74) is 7.34. The molecule has 0 bridgehead atoms. The summed E-state index contributed by atoms with van der Waals surface area (Å²) in [5.74, 6) is 0.710. The largest absolute Gasteiger partial charge is 0.397 e. The van der Waals surface area contributed by atoms with E-state index in [4.69, 9.17) is 10.9 Å². The minimum absolute atomic E-state index is 0.0676. The zero-order valence-electron chi connectivity index (χ0n) is 11.2. The third-order valence-corrected chi connectivity index (χ3v) is 4.56. The SMILES string of the molecule is CCCC1CCN(c2ccc(S(N)(=O)=O)cc2N)C1. The molecule has 0 aliphatic carbocycles. The van der Waals surface area contributed by atoms with Gasteiger partial charge >= 0.3 is 0 Å². The van der Waals surface area contributed by atoms with Gasteiger partial charge in [0.1, 0.15) is 0 Å². The van der Waals surface area contributed by atoms with Gasteiger partial charge in [-0.05, 0) is 37.0 Å². The molecule has 1 atom stereocenters. The third kappa shape index (κ3) is 3.19. The van der Waals surface area contributed by atoms with Crippen LogP contribution in [0.5, 0.6) is 0 Å². The van der Waals surface area contributed by atoms with Crippen LogP contribution in [0.15, 0.2) is 23.1 Å². The highest BCUT2D eigenvalue weighted by Crippen LogP contribution is 2.31. The number of hydrogen-bond donors (Lipinski definition) is 2. The minimum atomic E-state index is -3.68. The number of nitrogens with two attached hydrogens (primary N) is 2. The molecule has 1 aromatic carbocycles. The topological polar surface area (TPSA) is 89.4 Å². The van der Waals surface area contributed by atoms with E-state index in [0.29, 0.717) is 11.6 Å². The van der Waals surface area contributed by atoms with E-state index in [1.807, 2.05) is 0 Å². The average Bonchev–Trinajstić information content (AvgIpc) is 2.76. The fourth-order valence-electron chi connectivity index (χ4n) is 2.69. The minimum Gasteiger partial charge on any atom is -0.397 e. The molecule has 0 saturated carbocycles. The lowest BCUT2D eigenvalue weighted by Gasteiger charge is -2.21. The van der Waals surface area contributed by atoms with Gasteiger partial charge in [0.25, 0.3) is 0 Å². The summed E-state index contributed by atoms with van der Waals surface area (Å²) >= 11 is 0. The van der Waals surface area contributed by atoms with Gasteiger partial charge < -0.3 is 10.6 Å². The van der Waals surface area contributed by atoms with Crippen molar-refractivity contribution in [1.29, 1.82) is 0 Å². The van der Waals surface area contributed by atoms with Crippen LogP contribution in [-0.2, 0) is 10.0 Å². The monoisotopic (exact) mass is 283 g/mol. The molecule has 106 valence electrons. The Morgan fingerprint density at radius 1 is 1.42 bits per heavy atom. The van der Waals surface area contributed by atoms with E-state index in [0.717, 1.165) is 18.8 Å². The molecule has 1 aliphatic rings. The van der Waals surface area contributed by atoms with Crippen LogP contribution >= 0.6 is 0 Å². The van der Waals surface area contributed by atoms with Gasteiger partial charge in [0.15, 0.2) is 0 Å². The Kier molecular flexibility index (Phi) is 4.01. The third-order valence-electron chi connectivity index (χ3n) is 3.65. The lowest BCUT2D eigenvalue weighted by molar-refractivity contribution is 0.530. The number of benzene rings is 1. The Balaban J connectivity index is 2.19. The first-order valence-corrected chi connectivity index (χ1v) is 8.13. The second-order valence-electron chi connectivity index (χ2n) is 5.16. The summed E-state index contributed by atoms with van der Waals surface area (Å²) < 4.78 is 22.5. The van der Waals surface area contributed by atoms with Crippen molar-refractivity contribution >= 4 is 21.4 Å². The summed E-state index contributed by atoms with van der Waals surface area (Å²) in [4.78, 5) is 2.29. The van der Waals surface area contributed by atoms with Crippen molar-refractivity contribution in [1.82, 2.24) is 0 Å².